The molecule has 3 aromatic rings. The Morgan fingerprint density at radius 3 is 2.48 bits per heavy atom. The molecule has 1 aromatic heterocycles. The zero-order valence-corrected chi connectivity index (χ0v) is 15.3. The van der Waals surface area contributed by atoms with Crippen LogP contribution in [0.1, 0.15) is 29.8 Å². The number of aromatic nitrogens is 2. The van der Waals surface area contributed by atoms with Gasteiger partial charge >= 0.3 is 0 Å². The minimum absolute atomic E-state index is 0.115. The van der Waals surface area contributed by atoms with Crippen molar-refractivity contribution >= 4 is 29.1 Å². The molecule has 1 atom stereocenters. The minimum atomic E-state index is 0.115. The van der Waals surface area contributed by atoms with E-state index >= 15 is 0 Å². The molecule has 1 heterocycles. The Bertz CT molecular complexity index is 865. The topological polar surface area (TPSA) is 49.8 Å². The van der Waals surface area contributed by atoms with Crippen LogP contribution < -0.4 is 10.6 Å². The van der Waals surface area contributed by atoms with Gasteiger partial charge in [-0.2, -0.15) is 4.98 Å². The summed E-state index contributed by atoms with van der Waals surface area (Å²) in [4.78, 5) is 9.08. The Balaban J connectivity index is 1.82. The summed E-state index contributed by atoms with van der Waals surface area (Å²) in [5, 5.41) is 7.42. The number of hydrogen-bond acceptors (Lipinski definition) is 4. The molecule has 0 fully saturated rings. The highest BCUT2D eigenvalue weighted by Gasteiger charge is 2.09. The summed E-state index contributed by atoms with van der Waals surface area (Å²) in [6.07, 6.45) is 0. The maximum atomic E-state index is 6.19. The van der Waals surface area contributed by atoms with Crippen LogP contribution in [0.4, 0.5) is 17.5 Å². The summed E-state index contributed by atoms with van der Waals surface area (Å²) < 4.78 is 0. The summed E-state index contributed by atoms with van der Waals surface area (Å²) in [5.41, 5.74) is 4.01. The van der Waals surface area contributed by atoms with Crippen LogP contribution in [0.3, 0.4) is 0 Å². The number of benzene rings is 2. The first-order valence-electron chi connectivity index (χ1n) is 8.22. The van der Waals surface area contributed by atoms with Crippen molar-refractivity contribution < 1.29 is 0 Å². The number of rotatable bonds is 5. The lowest BCUT2D eigenvalue weighted by Crippen LogP contribution is -2.11. The molecule has 128 valence electrons. The van der Waals surface area contributed by atoms with Crippen molar-refractivity contribution in [3.8, 4) is 0 Å². The Labute approximate surface area is 153 Å². The van der Waals surface area contributed by atoms with Crippen LogP contribution in [-0.4, -0.2) is 9.97 Å². The van der Waals surface area contributed by atoms with Gasteiger partial charge in [-0.1, -0.05) is 48.0 Å². The van der Waals surface area contributed by atoms with Gasteiger partial charge in [0, 0.05) is 22.5 Å². The van der Waals surface area contributed by atoms with Crippen LogP contribution in [0.2, 0.25) is 5.02 Å². The molecule has 0 saturated heterocycles. The zero-order chi connectivity index (χ0) is 17.8. The van der Waals surface area contributed by atoms with Crippen LogP contribution in [0.25, 0.3) is 0 Å². The summed E-state index contributed by atoms with van der Waals surface area (Å²) >= 11 is 6.19. The Morgan fingerprint density at radius 1 is 0.960 bits per heavy atom. The summed E-state index contributed by atoms with van der Waals surface area (Å²) in [7, 11) is 0. The molecule has 25 heavy (non-hydrogen) atoms. The van der Waals surface area contributed by atoms with Crippen molar-refractivity contribution in [2.75, 3.05) is 10.6 Å². The first-order chi connectivity index (χ1) is 12.0. The van der Waals surface area contributed by atoms with E-state index < -0.39 is 0 Å². The second-order valence-corrected chi connectivity index (χ2v) is 6.44. The molecule has 5 heteroatoms. The average molecular weight is 353 g/mol. The number of nitrogens with one attached hydrogen (secondary N) is 2. The highest BCUT2D eigenvalue weighted by atomic mass is 35.5. The van der Waals surface area contributed by atoms with E-state index in [4.69, 9.17) is 11.6 Å². The fourth-order valence-electron chi connectivity index (χ4n) is 2.60. The Morgan fingerprint density at radius 2 is 1.72 bits per heavy atom. The van der Waals surface area contributed by atoms with Crippen LogP contribution in [-0.2, 0) is 0 Å². The number of aryl methyl sites for hydroxylation is 1. The van der Waals surface area contributed by atoms with Crippen molar-refractivity contribution in [2.45, 2.75) is 26.8 Å². The van der Waals surface area contributed by atoms with Crippen LogP contribution >= 0.6 is 11.6 Å². The summed E-state index contributed by atoms with van der Waals surface area (Å²) in [6, 6.07) is 18.0. The van der Waals surface area contributed by atoms with E-state index in [1.54, 1.807) is 0 Å². The normalized spacial score (nSPS) is 11.8. The van der Waals surface area contributed by atoms with Gasteiger partial charge in [0.1, 0.15) is 5.82 Å². The monoisotopic (exact) mass is 352 g/mol. The molecule has 0 amide bonds. The van der Waals surface area contributed by atoms with Crippen LogP contribution in [0.5, 0.6) is 0 Å². The van der Waals surface area contributed by atoms with Crippen molar-refractivity contribution in [3.05, 3.63) is 76.4 Å². The second-order valence-electron chi connectivity index (χ2n) is 6.03. The van der Waals surface area contributed by atoms with E-state index in [1.807, 2.05) is 56.3 Å². The maximum absolute atomic E-state index is 6.19. The Hall–Kier alpha value is -2.59. The first kappa shape index (κ1) is 17.2. The van der Waals surface area contributed by atoms with E-state index in [0.717, 1.165) is 27.8 Å². The lowest BCUT2D eigenvalue weighted by atomic mass is 10.1. The van der Waals surface area contributed by atoms with E-state index in [2.05, 4.69) is 39.7 Å². The van der Waals surface area contributed by atoms with Gasteiger partial charge in [-0.3, -0.25) is 0 Å². The van der Waals surface area contributed by atoms with Crippen molar-refractivity contribution in [1.29, 1.82) is 0 Å². The van der Waals surface area contributed by atoms with Gasteiger partial charge in [-0.25, -0.2) is 4.98 Å². The van der Waals surface area contributed by atoms with Gasteiger partial charge in [0.2, 0.25) is 5.95 Å². The third kappa shape index (κ3) is 4.28. The highest BCUT2D eigenvalue weighted by molar-refractivity contribution is 6.31. The largest absolute Gasteiger partial charge is 0.348 e. The summed E-state index contributed by atoms with van der Waals surface area (Å²) in [6.45, 7) is 6.03. The molecule has 1 unspecified atom stereocenters. The standard InChI is InChI=1S/C20H21ClN4/c1-13-12-19(24-18-11-7-10-17(21)14(18)2)25-20(22-13)23-15(3)16-8-5-4-6-9-16/h4-12,15H,1-3H3,(H2,22,23,24,25). The van der Waals surface area contributed by atoms with Crippen molar-refractivity contribution in [2.24, 2.45) is 0 Å². The van der Waals surface area contributed by atoms with Gasteiger partial charge in [0.25, 0.3) is 0 Å². The maximum Gasteiger partial charge on any atom is 0.225 e. The average Bonchev–Trinajstić information content (AvgIpc) is 2.59. The zero-order valence-electron chi connectivity index (χ0n) is 14.5. The molecule has 2 aromatic carbocycles. The quantitative estimate of drug-likeness (QED) is 0.621. The molecule has 0 aliphatic carbocycles. The third-order valence-corrected chi connectivity index (χ3v) is 4.44. The van der Waals surface area contributed by atoms with E-state index in [1.165, 1.54) is 5.56 Å². The smallest absolute Gasteiger partial charge is 0.225 e. The SMILES string of the molecule is Cc1cc(Nc2cccc(Cl)c2C)nc(NC(C)c2ccccc2)n1. The predicted molar refractivity (Wildman–Crippen MR) is 105 cm³/mol. The number of hydrogen-bond donors (Lipinski definition) is 2. The fourth-order valence-corrected chi connectivity index (χ4v) is 2.77. The number of nitrogens with zero attached hydrogens (tertiary/aromatic N) is 2. The minimum Gasteiger partial charge on any atom is -0.348 e. The van der Waals surface area contributed by atoms with E-state index in [-0.39, 0.29) is 6.04 Å². The molecule has 0 aliphatic heterocycles. The molecule has 0 saturated carbocycles. The van der Waals surface area contributed by atoms with Crippen LogP contribution in [0, 0.1) is 13.8 Å². The molecular weight excluding hydrogens is 332 g/mol. The fraction of sp³-hybridized carbons (Fsp3) is 0.200. The molecule has 2 N–H and O–H groups in total. The third-order valence-electron chi connectivity index (χ3n) is 4.03. The Kier molecular flexibility index (Phi) is 5.19. The molecular formula is C20H21ClN4. The lowest BCUT2D eigenvalue weighted by molar-refractivity contribution is 0.858. The van der Waals surface area contributed by atoms with Gasteiger partial charge in [0.05, 0.1) is 6.04 Å². The van der Waals surface area contributed by atoms with Gasteiger partial charge in [0.15, 0.2) is 0 Å². The van der Waals surface area contributed by atoms with Crippen LogP contribution in [0.15, 0.2) is 54.6 Å². The van der Waals surface area contributed by atoms with Crippen molar-refractivity contribution in [3.63, 3.8) is 0 Å². The molecule has 0 bridgehead atoms. The predicted octanol–water partition coefficient (Wildman–Crippen LogP) is 5.66. The second kappa shape index (κ2) is 7.53. The highest BCUT2D eigenvalue weighted by Crippen LogP contribution is 2.26. The molecule has 4 nitrogen and oxygen atoms in total. The van der Waals surface area contributed by atoms with Gasteiger partial charge in [-0.05, 0) is 44.0 Å². The first-order valence-corrected chi connectivity index (χ1v) is 8.60. The number of anilines is 3. The van der Waals surface area contributed by atoms with Gasteiger partial charge < -0.3 is 10.6 Å². The van der Waals surface area contributed by atoms with Crippen molar-refractivity contribution in [1.82, 2.24) is 9.97 Å². The molecule has 3 rings (SSSR count). The van der Waals surface area contributed by atoms with E-state index in [9.17, 15) is 0 Å². The molecule has 0 radical (unpaired) electrons. The van der Waals surface area contributed by atoms with E-state index in [0.29, 0.717) is 5.95 Å². The lowest BCUT2D eigenvalue weighted by Gasteiger charge is -2.16. The molecule has 0 aliphatic rings. The number of halogens is 1. The molecule has 0 spiro atoms. The summed E-state index contributed by atoms with van der Waals surface area (Å²) in [5.74, 6) is 1.33. The van der Waals surface area contributed by atoms with Gasteiger partial charge in [-0.15, -0.1) is 0 Å².